The summed E-state index contributed by atoms with van der Waals surface area (Å²) in [5, 5.41) is 39.3. The molecule has 13 nitrogen and oxygen atoms in total. The van der Waals surface area contributed by atoms with Crippen molar-refractivity contribution in [2.75, 3.05) is 76.7 Å². The zero-order valence-electron chi connectivity index (χ0n) is 23.6. The average molecular weight is 557 g/mol. The number of rotatable bonds is 18. The molecule has 3 rings (SSSR count). The van der Waals surface area contributed by atoms with Gasteiger partial charge in [-0.05, 0) is 50.5 Å². The summed E-state index contributed by atoms with van der Waals surface area (Å²) in [7, 11) is 5.00. The van der Waals surface area contributed by atoms with E-state index in [1.54, 1.807) is 52.5 Å². The number of aromatic nitrogens is 3. The molecule has 0 fully saturated rings. The highest BCUT2D eigenvalue weighted by molar-refractivity contribution is 5.75. The minimum absolute atomic E-state index is 0.0201. The van der Waals surface area contributed by atoms with Crippen molar-refractivity contribution in [1.82, 2.24) is 14.5 Å². The van der Waals surface area contributed by atoms with Crippen molar-refractivity contribution < 1.29 is 24.4 Å². The lowest BCUT2D eigenvalue weighted by molar-refractivity contribution is 0.197. The highest BCUT2D eigenvalue weighted by Crippen LogP contribution is 2.35. The van der Waals surface area contributed by atoms with Crippen molar-refractivity contribution in [3.8, 4) is 17.4 Å². The number of nitrogens with zero attached hydrogens (tertiary/aromatic N) is 5. The van der Waals surface area contributed by atoms with E-state index in [2.05, 4.69) is 36.1 Å². The molecule has 218 valence electrons. The number of hydrogen-bond donors (Lipinski definition) is 5. The van der Waals surface area contributed by atoms with Crippen LogP contribution in [0.5, 0.6) is 11.8 Å². The van der Waals surface area contributed by atoms with Crippen LogP contribution in [0.4, 0.5) is 29.0 Å². The zero-order chi connectivity index (χ0) is 28.7. The summed E-state index contributed by atoms with van der Waals surface area (Å²) in [5.41, 5.74) is 2.21. The number of azo groups is 1. The molecule has 0 atom stereocenters. The highest BCUT2D eigenvalue weighted by Gasteiger charge is 2.16. The quantitative estimate of drug-likeness (QED) is 0.109. The van der Waals surface area contributed by atoms with Crippen LogP contribution in [-0.2, 0) is 14.2 Å². The molecule has 0 spiro atoms. The maximum absolute atomic E-state index is 10.3. The van der Waals surface area contributed by atoms with Gasteiger partial charge in [-0.1, -0.05) is 0 Å². The Morgan fingerprint density at radius 1 is 0.775 bits per heavy atom. The van der Waals surface area contributed by atoms with Gasteiger partial charge in [0.05, 0.1) is 11.4 Å². The predicted octanol–water partition coefficient (Wildman–Crippen LogP) is 4.75. The van der Waals surface area contributed by atoms with Crippen LogP contribution in [-0.4, -0.2) is 85.5 Å². The van der Waals surface area contributed by atoms with E-state index >= 15 is 0 Å². The molecule has 40 heavy (non-hydrogen) atoms. The fraction of sp³-hybridized carbons (Fsp3) is 0.481. The van der Waals surface area contributed by atoms with Gasteiger partial charge in [-0.25, -0.2) is 0 Å². The Bertz CT molecular complexity index is 1180. The van der Waals surface area contributed by atoms with E-state index in [1.165, 1.54) is 10.6 Å². The monoisotopic (exact) mass is 556 g/mol. The molecule has 0 aliphatic carbocycles. The molecule has 0 saturated carbocycles. The normalized spacial score (nSPS) is 11.3. The molecule has 0 amide bonds. The van der Waals surface area contributed by atoms with Gasteiger partial charge in [0, 0.05) is 72.4 Å². The van der Waals surface area contributed by atoms with Gasteiger partial charge < -0.3 is 40.4 Å². The Labute approximate surface area is 234 Å². The first-order chi connectivity index (χ1) is 19.5. The third-order valence-electron chi connectivity index (χ3n) is 5.84. The molecular weight excluding hydrogens is 516 g/mol. The number of ether oxygens (including phenoxy) is 3. The molecule has 13 heteroatoms. The maximum atomic E-state index is 10.3. The minimum Gasteiger partial charge on any atom is -0.494 e. The lowest BCUT2D eigenvalue weighted by Crippen LogP contribution is -2.14. The number of nitrogens with one attached hydrogen (secondary N) is 3. The van der Waals surface area contributed by atoms with Gasteiger partial charge in [-0.2, -0.15) is 15.1 Å². The van der Waals surface area contributed by atoms with Gasteiger partial charge >= 0.3 is 0 Å². The molecule has 0 radical (unpaired) electrons. The van der Waals surface area contributed by atoms with Crippen LogP contribution < -0.4 is 16.0 Å². The van der Waals surface area contributed by atoms with E-state index < -0.39 is 0 Å². The Hall–Kier alpha value is -3.94. The van der Waals surface area contributed by atoms with Crippen LogP contribution in [0.25, 0.3) is 5.69 Å². The highest BCUT2D eigenvalue weighted by atomic mass is 16.5. The molecule has 0 aliphatic rings. The topological polar surface area (TPSA) is 160 Å². The Balaban J connectivity index is 1.90. The maximum Gasteiger partial charge on any atom is 0.226 e. The van der Waals surface area contributed by atoms with Gasteiger partial charge in [-0.3, -0.25) is 4.57 Å². The molecule has 0 aliphatic heterocycles. The molecule has 2 aromatic heterocycles. The van der Waals surface area contributed by atoms with E-state index in [0.717, 1.165) is 19.3 Å². The van der Waals surface area contributed by atoms with Crippen molar-refractivity contribution >= 4 is 29.0 Å². The standard InChI is InChI=1S/C27H40N8O5/c1-19-18-22(36)35(26(19)37)21-10-8-20(9-11-21)33-34-23-24(28-12-5-15-38-2)31-27(30-14-7-17-40-4)32-25(23)29-13-6-16-39-3/h8-11,18,36-37H,5-7,12-17H2,1-4H3,(H3,28,29,30,31,32). The minimum atomic E-state index is -0.0502. The van der Waals surface area contributed by atoms with Crippen LogP contribution in [0.3, 0.4) is 0 Å². The summed E-state index contributed by atoms with van der Waals surface area (Å²) >= 11 is 0. The van der Waals surface area contributed by atoms with Crippen LogP contribution >= 0.6 is 0 Å². The summed E-state index contributed by atoms with van der Waals surface area (Å²) in [6.45, 7) is 5.47. The molecule has 1 aromatic carbocycles. The first-order valence-corrected chi connectivity index (χ1v) is 13.2. The van der Waals surface area contributed by atoms with Crippen LogP contribution in [0.2, 0.25) is 0 Å². The van der Waals surface area contributed by atoms with Crippen LogP contribution in [0, 0.1) is 6.92 Å². The summed E-state index contributed by atoms with van der Waals surface area (Å²) in [6.07, 6.45) is 2.37. The molecule has 3 aromatic rings. The first kappa shape index (κ1) is 30.6. The summed E-state index contributed by atoms with van der Waals surface area (Å²) in [4.78, 5) is 9.34. The fourth-order valence-electron chi connectivity index (χ4n) is 3.78. The van der Waals surface area contributed by atoms with E-state index in [1.807, 2.05) is 0 Å². The van der Waals surface area contributed by atoms with Gasteiger partial charge in [0.1, 0.15) is 0 Å². The Morgan fingerprint density at radius 2 is 1.30 bits per heavy atom. The van der Waals surface area contributed by atoms with Crippen molar-refractivity contribution in [3.63, 3.8) is 0 Å². The third-order valence-corrected chi connectivity index (χ3v) is 5.84. The molecule has 0 saturated heterocycles. The van der Waals surface area contributed by atoms with E-state index in [4.69, 9.17) is 14.2 Å². The average Bonchev–Trinajstić information content (AvgIpc) is 3.21. The lowest BCUT2D eigenvalue weighted by atomic mass is 10.3. The molecular formula is C27H40N8O5. The molecule has 0 unspecified atom stereocenters. The second-order valence-electron chi connectivity index (χ2n) is 8.97. The summed E-state index contributed by atoms with van der Waals surface area (Å²) < 4.78 is 16.8. The second kappa shape index (κ2) is 16.2. The lowest BCUT2D eigenvalue weighted by Gasteiger charge is -2.15. The largest absolute Gasteiger partial charge is 0.494 e. The third kappa shape index (κ3) is 8.79. The van der Waals surface area contributed by atoms with Gasteiger partial charge in [0.2, 0.25) is 11.8 Å². The van der Waals surface area contributed by atoms with Gasteiger partial charge in [0.25, 0.3) is 0 Å². The SMILES string of the molecule is COCCCNc1nc(NCCCOC)c(N=Nc2ccc(-n3c(O)cc(C)c3O)cc2)c(NCCCOC)n1. The van der Waals surface area contributed by atoms with Gasteiger partial charge in [0.15, 0.2) is 23.2 Å². The smallest absolute Gasteiger partial charge is 0.226 e. The number of hydrogen-bond acceptors (Lipinski definition) is 12. The number of anilines is 3. The summed E-state index contributed by atoms with van der Waals surface area (Å²) in [5.74, 6) is 1.46. The van der Waals surface area contributed by atoms with Gasteiger partial charge in [-0.15, -0.1) is 5.11 Å². The second-order valence-corrected chi connectivity index (χ2v) is 8.97. The predicted molar refractivity (Wildman–Crippen MR) is 155 cm³/mol. The van der Waals surface area contributed by atoms with E-state index in [0.29, 0.717) is 79.7 Å². The van der Waals surface area contributed by atoms with Crippen LogP contribution in [0.1, 0.15) is 24.8 Å². The van der Waals surface area contributed by atoms with Crippen molar-refractivity contribution in [3.05, 3.63) is 35.9 Å². The summed E-state index contributed by atoms with van der Waals surface area (Å²) in [6, 6.07) is 8.48. The first-order valence-electron chi connectivity index (χ1n) is 13.2. The van der Waals surface area contributed by atoms with E-state index in [9.17, 15) is 10.2 Å². The molecule has 5 N–H and O–H groups in total. The molecule has 0 bridgehead atoms. The Morgan fingerprint density at radius 3 is 1.77 bits per heavy atom. The van der Waals surface area contributed by atoms with E-state index in [-0.39, 0.29) is 11.8 Å². The number of aryl methyl sites for hydroxylation is 1. The van der Waals surface area contributed by atoms with Crippen molar-refractivity contribution in [1.29, 1.82) is 0 Å². The van der Waals surface area contributed by atoms with Crippen molar-refractivity contribution in [2.24, 2.45) is 10.2 Å². The number of methoxy groups -OCH3 is 3. The van der Waals surface area contributed by atoms with Crippen molar-refractivity contribution in [2.45, 2.75) is 26.2 Å². The zero-order valence-corrected chi connectivity index (χ0v) is 23.6. The van der Waals surface area contributed by atoms with Crippen LogP contribution in [0.15, 0.2) is 40.6 Å². The fourth-order valence-corrected chi connectivity index (χ4v) is 3.78. The number of benzene rings is 1. The number of aromatic hydroxyl groups is 2. The Kier molecular flexibility index (Phi) is 12.4. The molecule has 2 heterocycles.